The van der Waals surface area contributed by atoms with Crippen LogP contribution in [0.2, 0.25) is 0 Å². The minimum Gasteiger partial charge on any atom is -0.358 e. The number of benzene rings is 2. The molecule has 7 heteroatoms. The van der Waals surface area contributed by atoms with Gasteiger partial charge in [0.15, 0.2) is 0 Å². The van der Waals surface area contributed by atoms with Gasteiger partial charge in [-0.1, -0.05) is 29.8 Å². The molecule has 2 fully saturated rings. The monoisotopic (exact) mass is 474 g/mol. The molecule has 35 heavy (non-hydrogen) atoms. The zero-order chi connectivity index (χ0) is 24.4. The molecule has 2 aromatic rings. The second-order valence-corrected chi connectivity index (χ2v) is 9.95. The van der Waals surface area contributed by atoms with Gasteiger partial charge >= 0.3 is 0 Å². The lowest BCUT2D eigenvalue weighted by Crippen LogP contribution is -2.57. The number of likely N-dealkylation sites (tertiary alicyclic amines) is 1. The standard InChI is InChI=1S/C28H34N4O3/c1-20-8-10-21(11-9-20)18-29-26(33)19-32-25-17-22(27(34)30-14-4-2-5-15-30)12-13-23(25)31-16-6-3-7-24(31)28(32)35/h8-13,17,24H,2-7,14-16,18-19H2,1H3,(H,29,33)/t24-/m1/s1. The minimum absolute atomic E-state index is 0.00416. The van der Waals surface area contributed by atoms with Gasteiger partial charge in [-0.25, -0.2) is 0 Å². The molecular formula is C28H34N4O3. The highest BCUT2D eigenvalue weighted by Gasteiger charge is 2.40. The van der Waals surface area contributed by atoms with Gasteiger partial charge in [-0.05, 0) is 69.2 Å². The Labute approximate surface area is 207 Å². The number of rotatable bonds is 5. The third-order valence-corrected chi connectivity index (χ3v) is 7.43. The third-order valence-electron chi connectivity index (χ3n) is 7.43. The van der Waals surface area contributed by atoms with Gasteiger partial charge in [0.1, 0.15) is 12.6 Å². The van der Waals surface area contributed by atoms with E-state index < -0.39 is 0 Å². The van der Waals surface area contributed by atoms with Gasteiger partial charge in [0.2, 0.25) is 11.8 Å². The lowest BCUT2D eigenvalue weighted by Gasteiger charge is -2.45. The van der Waals surface area contributed by atoms with E-state index in [1.807, 2.05) is 54.3 Å². The summed E-state index contributed by atoms with van der Waals surface area (Å²) in [5.74, 6) is -0.253. The van der Waals surface area contributed by atoms with Gasteiger partial charge in [-0.15, -0.1) is 0 Å². The zero-order valence-electron chi connectivity index (χ0n) is 20.5. The van der Waals surface area contributed by atoms with Crippen molar-refractivity contribution in [3.63, 3.8) is 0 Å². The number of hydrogen-bond acceptors (Lipinski definition) is 4. The highest BCUT2D eigenvalue weighted by molar-refractivity contribution is 6.09. The second kappa shape index (κ2) is 10.1. The van der Waals surface area contributed by atoms with E-state index in [-0.39, 0.29) is 30.3 Å². The van der Waals surface area contributed by atoms with E-state index in [1.54, 1.807) is 4.90 Å². The molecule has 0 radical (unpaired) electrons. The third kappa shape index (κ3) is 4.90. The molecule has 1 atom stereocenters. The Kier molecular flexibility index (Phi) is 6.75. The van der Waals surface area contributed by atoms with Crippen LogP contribution in [0, 0.1) is 6.92 Å². The molecule has 0 bridgehead atoms. The largest absolute Gasteiger partial charge is 0.358 e. The molecule has 0 saturated carbocycles. The molecule has 3 aliphatic rings. The van der Waals surface area contributed by atoms with Crippen molar-refractivity contribution in [2.45, 2.75) is 58.0 Å². The van der Waals surface area contributed by atoms with E-state index in [0.29, 0.717) is 17.8 Å². The maximum atomic E-state index is 13.6. The van der Waals surface area contributed by atoms with E-state index in [4.69, 9.17) is 0 Å². The number of anilines is 2. The van der Waals surface area contributed by atoms with Crippen LogP contribution in [-0.2, 0) is 16.1 Å². The molecule has 5 rings (SSSR count). The normalized spacial score (nSPS) is 19.7. The van der Waals surface area contributed by atoms with Crippen molar-refractivity contribution < 1.29 is 14.4 Å². The predicted molar refractivity (Wildman–Crippen MR) is 137 cm³/mol. The lowest BCUT2D eigenvalue weighted by atomic mass is 9.95. The number of hydrogen-bond donors (Lipinski definition) is 1. The maximum Gasteiger partial charge on any atom is 0.253 e. The van der Waals surface area contributed by atoms with E-state index in [2.05, 4.69) is 10.2 Å². The molecule has 0 aromatic heterocycles. The van der Waals surface area contributed by atoms with E-state index >= 15 is 0 Å². The fourth-order valence-electron chi connectivity index (χ4n) is 5.44. The van der Waals surface area contributed by atoms with Crippen molar-refractivity contribution in [1.82, 2.24) is 10.2 Å². The minimum atomic E-state index is -0.246. The Balaban J connectivity index is 1.39. The molecule has 1 N–H and O–H groups in total. The number of nitrogens with one attached hydrogen (secondary N) is 1. The smallest absolute Gasteiger partial charge is 0.253 e. The first kappa shape index (κ1) is 23.4. The van der Waals surface area contributed by atoms with Crippen molar-refractivity contribution in [2.75, 3.05) is 36.0 Å². The molecule has 3 heterocycles. The van der Waals surface area contributed by atoms with Gasteiger partial charge in [0.05, 0.1) is 11.4 Å². The molecule has 184 valence electrons. The fourth-order valence-corrected chi connectivity index (χ4v) is 5.44. The first-order valence-corrected chi connectivity index (χ1v) is 12.8. The van der Waals surface area contributed by atoms with Crippen LogP contribution >= 0.6 is 0 Å². The number of aryl methyl sites for hydroxylation is 1. The van der Waals surface area contributed by atoms with Crippen LogP contribution in [0.25, 0.3) is 0 Å². The van der Waals surface area contributed by atoms with Crippen LogP contribution in [0.1, 0.15) is 60.0 Å². The zero-order valence-corrected chi connectivity index (χ0v) is 20.5. The van der Waals surface area contributed by atoms with Crippen LogP contribution < -0.4 is 15.1 Å². The van der Waals surface area contributed by atoms with Crippen molar-refractivity contribution in [2.24, 2.45) is 0 Å². The summed E-state index contributed by atoms with van der Waals surface area (Å²) in [5.41, 5.74) is 4.38. The van der Waals surface area contributed by atoms with Gasteiger partial charge in [-0.2, -0.15) is 0 Å². The summed E-state index contributed by atoms with van der Waals surface area (Å²) in [6.07, 6.45) is 6.03. The van der Waals surface area contributed by atoms with Gasteiger partial charge in [0, 0.05) is 31.7 Å². The Bertz CT molecular complexity index is 1110. The van der Waals surface area contributed by atoms with Crippen molar-refractivity contribution in [1.29, 1.82) is 0 Å². The summed E-state index contributed by atoms with van der Waals surface area (Å²) in [6.45, 7) is 4.75. The Morgan fingerprint density at radius 2 is 1.66 bits per heavy atom. The Morgan fingerprint density at radius 3 is 2.43 bits per heavy atom. The highest BCUT2D eigenvalue weighted by atomic mass is 16.2. The Morgan fingerprint density at radius 1 is 0.914 bits per heavy atom. The SMILES string of the molecule is Cc1ccc(CNC(=O)CN2C(=O)[C@H]3CCCCN3c3ccc(C(=O)N4CCCCC4)cc32)cc1. The molecule has 7 nitrogen and oxygen atoms in total. The van der Waals surface area contributed by atoms with Crippen LogP contribution in [0.3, 0.4) is 0 Å². The number of amides is 3. The first-order chi connectivity index (χ1) is 17.0. The summed E-state index contributed by atoms with van der Waals surface area (Å²) in [5, 5.41) is 2.96. The van der Waals surface area contributed by atoms with E-state index in [1.165, 1.54) is 5.56 Å². The topological polar surface area (TPSA) is 73.0 Å². The fraction of sp³-hybridized carbons (Fsp3) is 0.464. The average Bonchev–Trinajstić information content (AvgIpc) is 2.90. The summed E-state index contributed by atoms with van der Waals surface area (Å²) >= 11 is 0. The summed E-state index contributed by atoms with van der Waals surface area (Å²) < 4.78 is 0. The molecular weight excluding hydrogens is 440 g/mol. The Hall–Kier alpha value is -3.35. The quantitative estimate of drug-likeness (QED) is 0.718. The number of nitrogens with zero attached hydrogens (tertiary/aromatic N) is 3. The molecule has 3 amide bonds. The van der Waals surface area contributed by atoms with Crippen LogP contribution in [0.4, 0.5) is 11.4 Å². The number of carbonyl (C=O) groups excluding carboxylic acids is 3. The van der Waals surface area contributed by atoms with Crippen molar-refractivity contribution >= 4 is 29.1 Å². The van der Waals surface area contributed by atoms with Crippen molar-refractivity contribution in [3.05, 3.63) is 59.2 Å². The van der Waals surface area contributed by atoms with Gasteiger partial charge in [0.25, 0.3) is 5.91 Å². The second-order valence-electron chi connectivity index (χ2n) is 9.95. The molecule has 0 unspecified atom stereocenters. The molecule has 2 saturated heterocycles. The number of fused-ring (bicyclic) bond motifs is 3. The number of carbonyl (C=O) groups is 3. The molecule has 2 aromatic carbocycles. The van der Waals surface area contributed by atoms with E-state index in [0.717, 1.165) is 69.4 Å². The van der Waals surface area contributed by atoms with Crippen LogP contribution in [0.15, 0.2) is 42.5 Å². The summed E-state index contributed by atoms with van der Waals surface area (Å²) in [7, 11) is 0. The van der Waals surface area contributed by atoms with Crippen LogP contribution in [0.5, 0.6) is 0 Å². The average molecular weight is 475 g/mol. The first-order valence-electron chi connectivity index (χ1n) is 12.8. The lowest BCUT2D eigenvalue weighted by molar-refractivity contribution is -0.125. The summed E-state index contributed by atoms with van der Waals surface area (Å²) in [6, 6.07) is 13.5. The van der Waals surface area contributed by atoms with Gasteiger partial charge < -0.3 is 15.1 Å². The molecule has 3 aliphatic heterocycles. The highest BCUT2D eigenvalue weighted by Crippen LogP contribution is 2.40. The van der Waals surface area contributed by atoms with E-state index in [9.17, 15) is 14.4 Å². The maximum absolute atomic E-state index is 13.6. The van der Waals surface area contributed by atoms with Gasteiger partial charge in [-0.3, -0.25) is 19.3 Å². The molecule has 0 aliphatic carbocycles. The van der Waals surface area contributed by atoms with Crippen molar-refractivity contribution in [3.8, 4) is 0 Å². The van der Waals surface area contributed by atoms with Crippen LogP contribution in [-0.4, -0.2) is 54.8 Å². The predicted octanol–water partition coefficient (Wildman–Crippen LogP) is 3.64. The summed E-state index contributed by atoms with van der Waals surface area (Å²) in [4.78, 5) is 45.4. The number of piperidine rings is 2. The molecule has 0 spiro atoms.